The van der Waals surface area contributed by atoms with Crippen molar-refractivity contribution in [3.63, 3.8) is 0 Å². The largest absolute Gasteiger partial charge is 0.346 e. The van der Waals surface area contributed by atoms with Gasteiger partial charge in [-0.05, 0) is 32.0 Å². The van der Waals surface area contributed by atoms with Crippen LogP contribution in [0.3, 0.4) is 0 Å². The van der Waals surface area contributed by atoms with Crippen molar-refractivity contribution in [1.29, 1.82) is 0 Å². The van der Waals surface area contributed by atoms with Gasteiger partial charge in [-0.3, -0.25) is 4.79 Å². The van der Waals surface area contributed by atoms with Crippen LogP contribution in [0.25, 0.3) is 5.69 Å². The van der Waals surface area contributed by atoms with Crippen molar-refractivity contribution < 1.29 is 4.79 Å². The Hall–Kier alpha value is -3.02. The van der Waals surface area contributed by atoms with E-state index in [2.05, 4.69) is 20.4 Å². The molecule has 0 spiro atoms. The number of benzene rings is 1. The zero-order valence-corrected chi connectivity index (χ0v) is 13.0. The van der Waals surface area contributed by atoms with Gasteiger partial charge in [-0.2, -0.15) is 5.10 Å². The Bertz CT molecular complexity index is 826. The molecule has 0 unspecified atom stereocenters. The van der Waals surface area contributed by atoms with Crippen LogP contribution in [-0.2, 0) is 6.54 Å². The van der Waals surface area contributed by atoms with E-state index in [0.29, 0.717) is 12.1 Å². The van der Waals surface area contributed by atoms with Crippen LogP contribution in [0.2, 0.25) is 0 Å². The van der Waals surface area contributed by atoms with Crippen LogP contribution < -0.4 is 5.32 Å². The molecule has 0 saturated heterocycles. The fraction of sp³-hybridized carbons (Fsp3) is 0.176. The maximum atomic E-state index is 12.4. The first-order valence-electron chi connectivity index (χ1n) is 7.31. The van der Waals surface area contributed by atoms with Crippen molar-refractivity contribution >= 4 is 5.91 Å². The molecule has 6 nitrogen and oxygen atoms in total. The van der Waals surface area contributed by atoms with Gasteiger partial charge in [0, 0.05) is 5.69 Å². The number of amides is 1. The summed E-state index contributed by atoms with van der Waals surface area (Å²) in [4.78, 5) is 20.5. The summed E-state index contributed by atoms with van der Waals surface area (Å²) in [6, 6.07) is 11.6. The first-order valence-corrected chi connectivity index (χ1v) is 7.31. The quantitative estimate of drug-likeness (QED) is 0.802. The molecule has 0 aliphatic carbocycles. The van der Waals surface area contributed by atoms with Crippen molar-refractivity contribution in [2.75, 3.05) is 0 Å². The Morgan fingerprint density at radius 2 is 1.96 bits per heavy atom. The lowest BCUT2D eigenvalue weighted by atomic mass is 10.2. The SMILES string of the molecule is Cc1cc(CNC(=O)c2cnn(-c3ccccc3)c2C)ncn1. The van der Waals surface area contributed by atoms with E-state index in [0.717, 1.165) is 22.8 Å². The lowest BCUT2D eigenvalue weighted by Crippen LogP contribution is -2.24. The number of nitrogens with zero attached hydrogens (tertiary/aromatic N) is 4. The van der Waals surface area contributed by atoms with E-state index >= 15 is 0 Å². The minimum Gasteiger partial charge on any atom is -0.346 e. The Labute approximate surface area is 134 Å². The van der Waals surface area contributed by atoms with Gasteiger partial charge in [-0.15, -0.1) is 0 Å². The minimum absolute atomic E-state index is 0.166. The van der Waals surface area contributed by atoms with E-state index in [-0.39, 0.29) is 5.91 Å². The zero-order chi connectivity index (χ0) is 16.2. The number of aromatic nitrogens is 4. The van der Waals surface area contributed by atoms with Gasteiger partial charge in [0.2, 0.25) is 0 Å². The third-order valence-corrected chi connectivity index (χ3v) is 3.55. The molecule has 3 rings (SSSR count). The molecule has 0 aliphatic heterocycles. The third kappa shape index (κ3) is 3.26. The van der Waals surface area contributed by atoms with Crippen molar-refractivity contribution in [3.05, 3.63) is 71.6 Å². The second-order valence-electron chi connectivity index (χ2n) is 5.22. The van der Waals surface area contributed by atoms with E-state index in [1.807, 2.05) is 50.2 Å². The normalized spacial score (nSPS) is 10.5. The molecule has 0 bridgehead atoms. The summed E-state index contributed by atoms with van der Waals surface area (Å²) >= 11 is 0. The number of nitrogens with one attached hydrogen (secondary N) is 1. The molecule has 0 saturated carbocycles. The molecule has 1 N–H and O–H groups in total. The lowest BCUT2D eigenvalue weighted by Gasteiger charge is -2.06. The van der Waals surface area contributed by atoms with Crippen LogP contribution >= 0.6 is 0 Å². The fourth-order valence-corrected chi connectivity index (χ4v) is 2.33. The van der Waals surface area contributed by atoms with Crippen LogP contribution in [-0.4, -0.2) is 25.7 Å². The predicted molar refractivity (Wildman–Crippen MR) is 86.2 cm³/mol. The number of para-hydroxylation sites is 1. The highest BCUT2D eigenvalue weighted by molar-refractivity contribution is 5.95. The van der Waals surface area contributed by atoms with Crippen molar-refractivity contribution in [2.45, 2.75) is 20.4 Å². The van der Waals surface area contributed by atoms with E-state index in [1.54, 1.807) is 10.9 Å². The molecular weight excluding hydrogens is 290 g/mol. The molecule has 1 amide bonds. The number of aryl methyl sites for hydroxylation is 1. The average molecular weight is 307 g/mol. The standard InChI is InChI=1S/C17H17N5O/c1-12-8-14(20-11-19-12)9-18-17(23)16-10-21-22(13(16)2)15-6-4-3-5-7-15/h3-8,10-11H,9H2,1-2H3,(H,18,23). The average Bonchev–Trinajstić information content (AvgIpc) is 2.95. The highest BCUT2D eigenvalue weighted by atomic mass is 16.1. The minimum atomic E-state index is -0.166. The summed E-state index contributed by atoms with van der Waals surface area (Å²) in [7, 11) is 0. The highest BCUT2D eigenvalue weighted by Gasteiger charge is 2.15. The molecule has 116 valence electrons. The smallest absolute Gasteiger partial charge is 0.255 e. The number of hydrogen-bond donors (Lipinski definition) is 1. The van der Waals surface area contributed by atoms with Gasteiger partial charge in [0.15, 0.2) is 0 Å². The maximum Gasteiger partial charge on any atom is 0.255 e. The van der Waals surface area contributed by atoms with Crippen LogP contribution in [0.1, 0.15) is 27.4 Å². The van der Waals surface area contributed by atoms with Gasteiger partial charge in [0.1, 0.15) is 6.33 Å². The van der Waals surface area contributed by atoms with Crippen LogP contribution in [0.5, 0.6) is 0 Å². The summed E-state index contributed by atoms with van der Waals surface area (Å²) in [5.41, 5.74) is 3.93. The Balaban J connectivity index is 1.75. The van der Waals surface area contributed by atoms with Gasteiger partial charge in [-0.1, -0.05) is 18.2 Å². The summed E-state index contributed by atoms with van der Waals surface area (Å²) in [5.74, 6) is -0.166. The van der Waals surface area contributed by atoms with Gasteiger partial charge >= 0.3 is 0 Å². The number of carbonyl (C=O) groups is 1. The topological polar surface area (TPSA) is 72.7 Å². The van der Waals surface area contributed by atoms with E-state index in [1.165, 1.54) is 6.33 Å². The van der Waals surface area contributed by atoms with Crippen LogP contribution in [0.4, 0.5) is 0 Å². The van der Waals surface area contributed by atoms with E-state index < -0.39 is 0 Å². The predicted octanol–water partition coefficient (Wildman–Crippen LogP) is 2.21. The highest BCUT2D eigenvalue weighted by Crippen LogP contribution is 2.13. The molecule has 3 aromatic rings. The van der Waals surface area contributed by atoms with E-state index in [4.69, 9.17) is 0 Å². The molecule has 0 atom stereocenters. The summed E-state index contributed by atoms with van der Waals surface area (Å²) in [5, 5.41) is 7.17. The monoisotopic (exact) mass is 307 g/mol. The Morgan fingerprint density at radius 3 is 2.70 bits per heavy atom. The summed E-state index contributed by atoms with van der Waals surface area (Å²) in [6.07, 6.45) is 3.08. The number of carbonyl (C=O) groups excluding carboxylic acids is 1. The fourth-order valence-electron chi connectivity index (χ4n) is 2.33. The molecule has 0 aliphatic rings. The van der Waals surface area contributed by atoms with Gasteiger partial charge in [0.25, 0.3) is 5.91 Å². The van der Waals surface area contributed by atoms with Gasteiger partial charge in [-0.25, -0.2) is 14.6 Å². The molecule has 23 heavy (non-hydrogen) atoms. The molecule has 0 radical (unpaired) electrons. The van der Waals surface area contributed by atoms with Gasteiger partial charge < -0.3 is 5.32 Å². The van der Waals surface area contributed by atoms with Crippen molar-refractivity contribution in [1.82, 2.24) is 25.1 Å². The van der Waals surface area contributed by atoms with E-state index in [9.17, 15) is 4.79 Å². The maximum absolute atomic E-state index is 12.4. The molecular formula is C17H17N5O. The second-order valence-corrected chi connectivity index (χ2v) is 5.22. The van der Waals surface area contributed by atoms with Crippen LogP contribution in [0, 0.1) is 13.8 Å². The van der Waals surface area contributed by atoms with Crippen molar-refractivity contribution in [2.24, 2.45) is 0 Å². The number of rotatable bonds is 4. The van der Waals surface area contributed by atoms with Gasteiger partial charge in [0.05, 0.1) is 35.4 Å². The lowest BCUT2D eigenvalue weighted by molar-refractivity contribution is 0.0949. The molecule has 6 heteroatoms. The summed E-state index contributed by atoms with van der Waals surface area (Å²) < 4.78 is 1.75. The first kappa shape index (κ1) is 14.9. The molecule has 0 fully saturated rings. The van der Waals surface area contributed by atoms with Crippen LogP contribution in [0.15, 0.2) is 48.9 Å². The third-order valence-electron chi connectivity index (χ3n) is 3.55. The molecule has 1 aromatic carbocycles. The molecule has 2 heterocycles. The second kappa shape index (κ2) is 6.39. The Kier molecular flexibility index (Phi) is 4.14. The first-order chi connectivity index (χ1) is 11.1. The number of hydrogen-bond acceptors (Lipinski definition) is 4. The molecule has 2 aromatic heterocycles. The summed E-state index contributed by atoms with van der Waals surface area (Å²) in [6.45, 7) is 4.13. The Morgan fingerprint density at radius 1 is 1.17 bits per heavy atom. The van der Waals surface area contributed by atoms with Crippen molar-refractivity contribution in [3.8, 4) is 5.69 Å². The zero-order valence-electron chi connectivity index (χ0n) is 13.0.